The van der Waals surface area contributed by atoms with Gasteiger partial charge in [0.1, 0.15) is 0 Å². The third-order valence-electron chi connectivity index (χ3n) is 4.00. The third kappa shape index (κ3) is 7.07. The lowest BCUT2D eigenvalue weighted by atomic mass is 10.1. The van der Waals surface area contributed by atoms with Crippen molar-refractivity contribution in [2.75, 3.05) is 39.2 Å². The molecule has 0 radical (unpaired) electrons. The zero-order valence-corrected chi connectivity index (χ0v) is 14.2. The van der Waals surface area contributed by atoms with Crippen molar-refractivity contribution in [2.24, 2.45) is 0 Å². The summed E-state index contributed by atoms with van der Waals surface area (Å²) < 4.78 is 10.9. The Labute approximate surface area is 127 Å². The predicted molar refractivity (Wildman–Crippen MR) is 84.1 cm³/mol. The molecule has 1 heterocycles. The molecule has 19 heavy (non-hydrogen) atoms. The number of halogens is 1. The van der Waals surface area contributed by atoms with E-state index in [1.165, 1.54) is 51.5 Å². The summed E-state index contributed by atoms with van der Waals surface area (Å²) in [6, 6.07) is 0. The summed E-state index contributed by atoms with van der Waals surface area (Å²) in [5, 5.41) is 1.16. The molecule has 4 heteroatoms. The van der Waals surface area contributed by atoms with Gasteiger partial charge in [-0.2, -0.15) is 0 Å². The molecular formula is C15H30BrNO2. The van der Waals surface area contributed by atoms with E-state index < -0.39 is 0 Å². The van der Waals surface area contributed by atoms with Crippen LogP contribution in [-0.4, -0.2) is 56.3 Å². The van der Waals surface area contributed by atoms with E-state index in [-0.39, 0.29) is 12.2 Å². The highest BCUT2D eigenvalue weighted by Gasteiger charge is 2.32. The van der Waals surface area contributed by atoms with Crippen LogP contribution >= 0.6 is 15.9 Å². The lowest BCUT2D eigenvalue weighted by Crippen LogP contribution is -2.27. The van der Waals surface area contributed by atoms with Crippen molar-refractivity contribution in [3.05, 3.63) is 0 Å². The molecule has 0 amide bonds. The van der Waals surface area contributed by atoms with E-state index in [4.69, 9.17) is 9.47 Å². The first-order chi connectivity index (χ1) is 9.31. The van der Waals surface area contributed by atoms with Crippen LogP contribution < -0.4 is 0 Å². The maximum atomic E-state index is 5.46. The molecule has 2 atom stereocenters. The quantitative estimate of drug-likeness (QED) is 0.426. The number of nitrogens with zero attached hydrogens (tertiary/aromatic N) is 1. The number of likely N-dealkylation sites (tertiary alicyclic amines) is 1. The number of hydrogen-bond donors (Lipinski definition) is 0. The van der Waals surface area contributed by atoms with E-state index in [1.54, 1.807) is 14.2 Å². The average molecular weight is 336 g/mol. The van der Waals surface area contributed by atoms with Crippen LogP contribution in [0.4, 0.5) is 0 Å². The van der Waals surface area contributed by atoms with Crippen molar-refractivity contribution < 1.29 is 9.47 Å². The van der Waals surface area contributed by atoms with Crippen LogP contribution in [-0.2, 0) is 9.47 Å². The van der Waals surface area contributed by atoms with E-state index in [2.05, 4.69) is 20.8 Å². The van der Waals surface area contributed by atoms with Gasteiger partial charge in [-0.3, -0.25) is 4.90 Å². The van der Waals surface area contributed by atoms with Crippen molar-refractivity contribution in [1.29, 1.82) is 0 Å². The summed E-state index contributed by atoms with van der Waals surface area (Å²) in [4.78, 5) is 2.48. The fraction of sp³-hybridized carbons (Fsp3) is 1.00. The number of alkyl halides is 1. The maximum absolute atomic E-state index is 5.46. The third-order valence-corrected chi connectivity index (χ3v) is 4.57. The Morgan fingerprint density at radius 3 is 1.79 bits per heavy atom. The van der Waals surface area contributed by atoms with Crippen molar-refractivity contribution in [3.8, 4) is 0 Å². The summed E-state index contributed by atoms with van der Waals surface area (Å²) in [5.41, 5.74) is 0. The Kier molecular flexibility index (Phi) is 10.1. The second kappa shape index (κ2) is 11.1. The molecule has 1 saturated heterocycles. The second-order valence-corrected chi connectivity index (χ2v) is 6.26. The first kappa shape index (κ1) is 17.4. The Morgan fingerprint density at radius 2 is 1.32 bits per heavy atom. The minimum atomic E-state index is 0.259. The van der Waals surface area contributed by atoms with Gasteiger partial charge in [-0.15, -0.1) is 0 Å². The fourth-order valence-corrected chi connectivity index (χ4v) is 3.16. The fourth-order valence-electron chi connectivity index (χ4n) is 2.77. The van der Waals surface area contributed by atoms with Crippen molar-refractivity contribution in [1.82, 2.24) is 4.90 Å². The summed E-state index contributed by atoms with van der Waals surface area (Å²) >= 11 is 3.48. The van der Waals surface area contributed by atoms with Crippen LogP contribution in [0.2, 0.25) is 0 Å². The van der Waals surface area contributed by atoms with Gasteiger partial charge in [-0.1, -0.05) is 48.0 Å². The number of hydrogen-bond acceptors (Lipinski definition) is 3. The van der Waals surface area contributed by atoms with E-state index in [1.807, 2.05) is 0 Å². The molecular weight excluding hydrogens is 306 g/mol. The highest BCUT2D eigenvalue weighted by molar-refractivity contribution is 9.09. The molecule has 1 aliphatic rings. The first-order valence-corrected chi connectivity index (χ1v) is 8.78. The SMILES string of the molecule is COC1CN(CCCCCCCCCBr)CC1OC. The molecule has 3 nitrogen and oxygen atoms in total. The van der Waals surface area contributed by atoms with Crippen molar-refractivity contribution >= 4 is 15.9 Å². The van der Waals surface area contributed by atoms with Crippen molar-refractivity contribution in [3.63, 3.8) is 0 Å². The van der Waals surface area contributed by atoms with Crippen molar-refractivity contribution in [2.45, 2.75) is 57.2 Å². The van der Waals surface area contributed by atoms with Crippen LogP contribution in [0, 0.1) is 0 Å². The van der Waals surface area contributed by atoms with Gasteiger partial charge in [-0.25, -0.2) is 0 Å². The van der Waals surface area contributed by atoms with Gasteiger partial charge < -0.3 is 9.47 Å². The zero-order valence-electron chi connectivity index (χ0n) is 12.6. The lowest BCUT2D eigenvalue weighted by molar-refractivity contribution is -0.00461. The molecule has 0 aromatic rings. The first-order valence-electron chi connectivity index (χ1n) is 7.65. The van der Waals surface area contributed by atoms with Gasteiger partial charge in [0.25, 0.3) is 0 Å². The topological polar surface area (TPSA) is 21.7 Å². The maximum Gasteiger partial charge on any atom is 0.0971 e. The van der Waals surface area contributed by atoms with Crippen LogP contribution in [0.3, 0.4) is 0 Å². The molecule has 0 aromatic carbocycles. The van der Waals surface area contributed by atoms with E-state index in [9.17, 15) is 0 Å². The molecule has 0 aromatic heterocycles. The van der Waals surface area contributed by atoms with Crippen LogP contribution in [0.25, 0.3) is 0 Å². The molecule has 1 aliphatic heterocycles. The van der Waals surface area contributed by atoms with Gasteiger partial charge in [-0.05, 0) is 19.4 Å². The van der Waals surface area contributed by atoms with E-state index in [0.717, 1.165) is 18.4 Å². The van der Waals surface area contributed by atoms with Crippen LogP contribution in [0.1, 0.15) is 44.9 Å². The molecule has 0 spiro atoms. The van der Waals surface area contributed by atoms with Gasteiger partial charge in [0.2, 0.25) is 0 Å². The Balaban J connectivity index is 1.95. The Bertz CT molecular complexity index is 204. The molecule has 114 valence electrons. The largest absolute Gasteiger partial charge is 0.377 e. The van der Waals surface area contributed by atoms with E-state index >= 15 is 0 Å². The molecule has 1 rings (SSSR count). The van der Waals surface area contributed by atoms with Gasteiger partial charge in [0, 0.05) is 32.6 Å². The minimum Gasteiger partial charge on any atom is -0.377 e. The van der Waals surface area contributed by atoms with Gasteiger partial charge >= 0.3 is 0 Å². The molecule has 0 aliphatic carbocycles. The van der Waals surface area contributed by atoms with E-state index in [0.29, 0.717) is 0 Å². The van der Waals surface area contributed by atoms with Gasteiger partial charge in [0.05, 0.1) is 12.2 Å². The van der Waals surface area contributed by atoms with Crippen LogP contribution in [0.15, 0.2) is 0 Å². The highest BCUT2D eigenvalue weighted by Crippen LogP contribution is 2.16. The second-order valence-electron chi connectivity index (χ2n) is 5.47. The Hall–Kier alpha value is 0.360. The van der Waals surface area contributed by atoms with Crippen LogP contribution in [0.5, 0.6) is 0 Å². The monoisotopic (exact) mass is 335 g/mol. The number of unbranched alkanes of at least 4 members (excludes halogenated alkanes) is 6. The Morgan fingerprint density at radius 1 is 0.842 bits per heavy atom. The molecule has 2 unspecified atom stereocenters. The standard InChI is InChI=1S/C15H30BrNO2/c1-18-14-12-17(13-15(14)19-2)11-9-7-5-3-4-6-8-10-16/h14-15H,3-13H2,1-2H3. The average Bonchev–Trinajstić information content (AvgIpc) is 2.84. The smallest absolute Gasteiger partial charge is 0.0971 e. The lowest BCUT2D eigenvalue weighted by Gasteiger charge is -2.14. The zero-order chi connectivity index (χ0) is 13.9. The predicted octanol–water partition coefficient (Wildman–Crippen LogP) is 3.46. The number of ether oxygens (including phenoxy) is 2. The molecule has 0 bridgehead atoms. The van der Waals surface area contributed by atoms with Gasteiger partial charge in [0.15, 0.2) is 0 Å². The summed E-state index contributed by atoms with van der Waals surface area (Å²) in [5.74, 6) is 0. The summed E-state index contributed by atoms with van der Waals surface area (Å²) in [6.07, 6.45) is 10.1. The normalized spacial score (nSPS) is 24.2. The summed E-state index contributed by atoms with van der Waals surface area (Å²) in [6.45, 7) is 3.25. The highest BCUT2D eigenvalue weighted by atomic mass is 79.9. The number of methoxy groups -OCH3 is 2. The summed E-state index contributed by atoms with van der Waals surface area (Å²) in [7, 11) is 3.57. The molecule has 0 saturated carbocycles. The molecule has 0 N–H and O–H groups in total. The minimum absolute atomic E-state index is 0.259. The number of rotatable bonds is 11. The molecule has 1 fully saturated rings.